The summed E-state index contributed by atoms with van der Waals surface area (Å²) < 4.78 is 6.17. The minimum atomic E-state index is 0.0344. The van der Waals surface area contributed by atoms with Crippen LogP contribution in [0.4, 0.5) is 0 Å². The van der Waals surface area contributed by atoms with Gasteiger partial charge in [0.1, 0.15) is 11.4 Å². The molecule has 18 heavy (non-hydrogen) atoms. The summed E-state index contributed by atoms with van der Waals surface area (Å²) in [5.41, 5.74) is 7.11. The molecule has 1 atom stereocenters. The van der Waals surface area contributed by atoms with Gasteiger partial charge >= 0.3 is 0 Å². The summed E-state index contributed by atoms with van der Waals surface area (Å²) in [6, 6.07) is 8.60. The first-order valence-electron chi connectivity index (χ1n) is 7.18. The summed E-state index contributed by atoms with van der Waals surface area (Å²) in [6.07, 6.45) is 5.72. The van der Waals surface area contributed by atoms with E-state index in [0.29, 0.717) is 12.5 Å². The monoisotopic (exact) mass is 247 g/mol. The number of rotatable bonds is 6. The van der Waals surface area contributed by atoms with E-state index in [-0.39, 0.29) is 5.60 Å². The van der Waals surface area contributed by atoms with Crippen LogP contribution in [0.3, 0.4) is 0 Å². The van der Waals surface area contributed by atoms with Crippen LogP contribution in [0.15, 0.2) is 24.3 Å². The lowest BCUT2D eigenvalue weighted by Crippen LogP contribution is -2.44. The first-order chi connectivity index (χ1) is 8.69. The molecule has 1 saturated carbocycles. The van der Waals surface area contributed by atoms with Crippen molar-refractivity contribution in [3.63, 3.8) is 0 Å². The third kappa shape index (κ3) is 2.86. The normalized spacial score (nSPS) is 19.1. The standard InChI is InChI=1S/C16H25NO/c1-3-13(2)14-5-7-15(8-6-14)18-16(11-12-17)9-4-10-16/h5-8,13H,3-4,9-12,17H2,1-2H3. The Morgan fingerprint density at radius 3 is 2.39 bits per heavy atom. The maximum absolute atomic E-state index is 6.17. The lowest BCUT2D eigenvalue weighted by molar-refractivity contribution is -0.0125. The number of nitrogens with two attached hydrogens (primary N) is 1. The van der Waals surface area contributed by atoms with Crippen molar-refractivity contribution < 1.29 is 4.74 Å². The van der Waals surface area contributed by atoms with Crippen LogP contribution >= 0.6 is 0 Å². The topological polar surface area (TPSA) is 35.2 Å². The van der Waals surface area contributed by atoms with Crippen molar-refractivity contribution in [1.82, 2.24) is 0 Å². The highest BCUT2D eigenvalue weighted by Crippen LogP contribution is 2.39. The van der Waals surface area contributed by atoms with E-state index in [2.05, 4.69) is 38.1 Å². The average Bonchev–Trinajstić information content (AvgIpc) is 2.36. The van der Waals surface area contributed by atoms with Crippen LogP contribution in [0.25, 0.3) is 0 Å². The van der Waals surface area contributed by atoms with Gasteiger partial charge in [-0.1, -0.05) is 26.0 Å². The Bertz CT molecular complexity index is 367. The summed E-state index contributed by atoms with van der Waals surface area (Å²) >= 11 is 0. The van der Waals surface area contributed by atoms with Gasteiger partial charge in [-0.25, -0.2) is 0 Å². The van der Waals surface area contributed by atoms with Crippen LogP contribution in [0.2, 0.25) is 0 Å². The van der Waals surface area contributed by atoms with Crippen LogP contribution in [0, 0.1) is 0 Å². The second-order valence-corrected chi connectivity index (χ2v) is 5.56. The second kappa shape index (κ2) is 5.75. The molecular weight excluding hydrogens is 222 g/mol. The van der Waals surface area contributed by atoms with Gasteiger partial charge in [-0.15, -0.1) is 0 Å². The molecule has 1 unspecified atom stereocenters. The first kappa shape index (κ1) is 13.4. The van der Waals surface area contributed by atoms with Gasteiger partial charge in [-0.3, -0.25) is 0 Å². The molecule has 2 nitrogen and oxygen atoms in total. The highest BCUT2D eigenvalue weighted by Gasteiger charge is 2.38. The maximum Gasteiger partial charge on any atom is 0.120 e. The molecule has 0 bridgehead atoms. The molecule has 0 amide bonds. The van der Waals surface area contributed by atoms with E-state index >= 15 is 0 Å². The summed E-state index contributed by atoms with van der Waals surface area (Å²) in [5.74, 6) is 1.62. The summed E-state index contributed by atoms with van der Waals surface area (Å²) in [6.45, 7) is 5.20. The van der Waals surface area contributed by atoms with Gasteiger partial charge in [0.15, 0.2) is 0 Å². The Hall–Kier alpha value is -1.02. The van der Waals surface area contributed by atoms with Crippen molar-refractivity contribution in [1.29, 1.82) is 0 Å². The highest BCUT2D eigenvalue weighted by molar-refractivity contribution is 5.30. The third-order valence-electron chi connectivity index (χ3n) is 4.26. The summed E-state index contributed by atoms with van der Waals surface area (Å²) in [5, 5.41) is 0. The van der Waals surface area contributed by atoms with E-state index in [1.807, 2.05) is 0 Å². The van der Waals surface area contributed by atoms with Crippen molar-refractivity contribution in [2.45, 2.75) is 57.5 Å². The Labute approximate surface area is 111 Å². The molecule has 0 saturated heterocycles. The Morgan fingerprint density at radius 1 is 1.28 bits per heavy atom. The van der Waals surface area contributed by atoms with Crippen molar-refractivity contribution in [2.24, 2.45) is 5.73 Å². The quantitative estimate of drug-likeness (QED) is 0.828. The first-order valence-corrected chi connectivity index (χ1v) is 7.18. The van der Waals surface area contributed by atoms with Crippen LogP contribution in [-0.2, 0) is 0 Å². The van der Waals surface area contributed by atoms with Crippen molar-refractivity contribution in [2.75, 3.05) is 6.54 Å². The molecule has 2 heteroatoms. The fraction of sp³-hybridized carbons (Fsp3) is 0.625. The van der Waals surface area contributed by atoms with Crippen LogP contribution in [-0.4, -0.2) is 12.1 Å². The molecule has 100 valence electrons. The third-order valence-corrected chi connectivity index (χ3v) is 4.26. The van der Waals surface area contributed by atoms with E-state index in [9.17, 15) is 0 Å². The SMILES string of the molecule is CCC(C)c1ccc(OC2(CCN)CCC2)cc1. The lowest BCUT2D eigenvalue weighted by atomic mass is 9.77. The van der Waals surface area contributed by atoms with E-state index in [0.717, 1.165) is 25.0 Å². The van der Waals surface area contributed by atoms with Gasteiger partial charge < -0.3 is 10.5 Å². The average molecular weight is 247 g/mol. The summed E-state index contributed by atoms with van der Waals surface area (Å²) in [4.78, 5) is 0. The van der Waals surface area contributed by atoms with Crippen molar-refractivity contribution >= 4 is 0 Å². The Kier molecular flexibility index (Phi) is 4.28. The molecular formula is C16H25NO. The number of ether oxygens (including phenoxy) is 1. The van der Waals surface area contributed by atoms with E-state index < -0.39 is 0 Å². The highest BCUT2D eigenvalue weighted by atomic mass is 16.5. The minimum Gasteiger partial charge on any atom is -0.487 e. The Balaban J connectivity index is 2.01. The Morgan fingerprint density at radius 2 is 1.94 bits per heavy atom. The molecule has 2 rings (SSSR count). The van der Waals surface area contributed by atoms with Gasteiger partial charge in [0.25, 0.3) is 0 Å². The minimum absolute atomic E-state index is 0.0344. The van der Waals surface area contributed by atoms with E-state index in [1.165, 1.54) is 18.4 Å². The zero-order chi connectivity index (χ0) is 13.0. The molecule has 1 aromatic carbocycles. The number of hydrogen-bond donors (Lipinski definition) is 1. The van der Waals surface area contributed by atoms with Crippen LogP contribution < -0.4 is 10.5 Å². The second-order valence-electron chi connectivity index (χ2n) is 5.56. The smallest absolute Gasteiger partial charge is 0.120 e. The van der Waals surface area contributed by atoms with E-state index in [1.54, 1.807) is 0 Å². The van der Waals surface area contributed by atoms with Gasteiger partial charge in [0.2, 0.25) is 0 Å². The van der Waals surface area contributed by atoms with Gasteiger partial charge in [-0.2, -0.15) is 0 Å². The fourth-order valence-electron chi connectivity index (χ4n) is 2.59. The molecule has 1 aromatic rings. The molecule has 0 spiro atoms. The zero-order valence-electron chi connectivity index (χ0n) is 11.6. The molecule has 2 N–H and O–H groups in total. The van der Waals surface area contributed by atoms with Gasteiger partial charge in [0, 0.05) is 0 Å². The number of hydrogen-bond acceptors (Lipinski definition) is 2. The van der Waals surface area contributed by atoms with Crippen LogP contribution in [0.1, 0.15) is 57.4 Å². The molecule has 0 radical (unpaired) electrons. The molecule has 1 fully saturated rings. The molecule has 1 aliphatic carbocycles. The van der Waals surface area contributed by atoms with Crippen molar-refractivity contribution in [3.8, 4) is 5.75 Å². The maximum atomic E-state index is 6.17. The molecule has 0 aromatic heterocycles. The van der Waals surface area contributed by atoms with Crippen molar-refractivity contribution in [3.05, 3.63) is 29.8 Å². The van der Waals surface area contributed by atoms with Crippen LogP contribution in [0.5, 0.6) is 5.75 Å². The van der Waals surface area contributed by atoms with Gasteiger partial charge in [0.05, 0.1) is 0 Å². The predicted molar refractivity (Wildman–Crippen MR) is 76.0 cm³/mol. The fourth-order valence-corrected chi connectivity index (χ4v) is 2.59. The molecule has 0 heterocycles. The molecule has 0 aliphatic heterocycles. The lowest BCUT2D eigenvalue weighted by Gasteiger charge is -2.42. The largest absolute Gasteiger partial charge is 0.487 e. The van der Waals surface area contributed by atoms with Gasteiger partial charge in [-0.05, 0) is 62.3 Å². The number of benzene rings is 1. The summed E-state index contributed by atoms with van der Waals surface area (Å²) in [7, 11) is 0. The predicted octanol–water partition coefficient (Wildman–Crippen LogP) is 3.85. The zero-order valence-corrected chi connectivity index (χ0v) is 11.6. The van der Waals surface area contributed by atoms with E-state index in [4.69, 9.17) is 10.5 Å². The molecule has 1 aliphatic rings.